The van der Waals surface area contributed by atoms with E-state index in [-0.39, 0.29) is 12.2 Å². The fraction of sp³-hybridized carbons (Fsp3) is 0.192. The second-order valence-corrected chi connectivity index (χ2v) is 7.53. The van der Waals surface area contributed by atoms with Gasteiger partial charge in [-0.2, -0.15) is 0 Å². The number of ether oxygens (including phenoxy) is 2. The van der Waals surface area contributed by atoms with Crippen molar-refractivity contribution >= 4 is 29.6 Å². The van der Waals surface area contributed by atoms with E-state index in [1.54, 1.807) is 36.4 Å². The van der Waals surface area contributed by atoms with Gasteiger partial charge >= 0.3 is 6.03 Å². The predicted molar refractivity (Wildman–Crippen MR) is 128 cm³/mol. The first-order chi connectivity index (χ1) is 15.8. The molecular weight excluding hydrogens is 420 g/mol. The second kappa shape index (κ2) is 9.99. The normalized spacial score (nSPS) is 14.8. The summed E-state index contributed by atoms with van der Waals surface area (Å²) in [6.07, 6.45) is 5.25. The van der Waals surface area contributed by atoms with Gasteiger partial charge in [0.05, 0.1) is 12.8 Å². The Labute approximate surface area is 193 Å². The quantitative estimate of drug-likeness (QED) is 0.372. The zero-order chi connectivity index (χ0) is 24.1. The molecule has 1 aliphatic heterocycles. The van der Waals surface area contributed by atoms with Crippen LogP contribution in [0.4, 0.5) is 10.5 Å². The maximum Gasteiger partial charge on any atom is 0.335 e. The fourth-order valence-electron chi connectivity index (χ4n) is 3.46. The number of nitrogens with zero attached hydrogens (tertiary/aromatic N) is 1. The Balaban J connectivity index is 2.07. The molecule has 1 aliphatic rings. The molecule has 170 valence electrons. The average Bonchev–Trinajstić information content (AvgIpc) is 2.78. The van der Waals surface area contributed by atoms with Crippen molar-refractivity contribution in [2.24, 2.45) is 0 Å². The molecule has 1 saturated heterocycles. The summed E-state index contributed by atoms with van der Waals surface area (Å²) in [6, 6.07) is 7.88. The van der Waals surface area contributed by atoms with Gasteiger partial charge in [0.1, 0.15) is 12.2 Å². The molecular formula is C26H26N2O5. The summed E-state index contributed by atoms with van der Waals surface area (Å²) in [4.78, 5) is 39.2. The van der Waals surface area contributed by atoms with E-state index in [4.69, 9.17) is 9.47 Å². The van der Waals surface area contributed by atoms with Crippen molar-refractivity contribution < 1.29 is 23.9 Å². The third-order valence-electron chi connectivity index (χ3n) is 5.25. The van der Waals surface area contributed by atoms with Crippen LogP contribution < -0.4 is 19.7 Å². The number of aryl methyl sites for hydroxylation is 2. The van der Waals surface area contributed by atoms with E-state index in [9.17, 15) is 14.4 Å². The van der Waals surface area contributed by atoms with Crippen molar-refractivity contribution in [2.75, 3.05) is 18.6 Å². The minimum Gasteiger partial charge on any atom is -0.493 e. The van der Waals surface area contributed by atoms with Gasteiger partial charge in [0, 0.05) is 5.56 Å². The number of hydrogen-bond acceptors (Lipinski definition) is 5. The van der Waals surface area contributed by atoms with Crippen LogP contribution in [0.2, 0.25) is 0 Å². The van der Waals surface area contributed by atoms with Crippen LogP contribution in [-0.2, 0) is 16.0 Å². The highest BCUT2D eigenvalue weighted by Crippen LogP contribution is 2.35. The maximum absolute atomic E-state index is 13.2. The largest absolute Gasteiger partial charge is 0.493 e. The molecule has 0 aliphatic carbocycles. The number of carbonyl (C=O) groups excluding carboxylic acids is 3. The summed E-state index contributed by atoms with van der Waals surface area (Å²) in [5, 5.41) is 2.25. The molecule has 1 N–H and O–H groups in total. The number of hydrogen-bond donors (Lipinski definition) is 1. The molecule has 0 spiro atoms. The third kappa shape index (κ3) is 4.87. The van der Waals surface area contributed by atoms with Crippen molar-refractivity contribution in [1.29, 1.82) is 0 Å². The molecule has 0 aromatic heterocycles. The highest BCUT2D eigenvalue weighted by atomic mass is 16.5. The lowest BCUT2D eigenvalue weighted by atomic mass is 10.0. The smallest absolute Gasteiger partial charge is 0.335 e. The lowest BCUT2D eigenvalue weighted by molar-refractivity contribution is -0.122. The number of methoxy groups -OCH3 is 1. The van der Waals surface area contributed by atoms with Crippen LogP contribution in [0.3, 0.4) is 0 Å². The number of allylic oxidation sites excluding steroid dienone is 1. The van der Waals surface area contributed by atoms with Gasteiger partial charge in [0.25, 0.3) is 11.8 Å². The van der Waals surface area contributed by atoms with Gasteiger partial charge < -0.3 is 9.47 Å². The summed E-state index contributed by atoms with van der Waals surface area (Å²) in [7, 11) is 1.50. The molecule has 2 aromatic carbocycles. The van der Waals surface area contributed by atoms with Crippen LogP contribution in [0.15, 0.2) is 61.2 Å². The minimum absolute atomic E-state index is 0.167. The van der Waals surface area contributed by atoms with Crippen molar-refractivity contribution in [3.8, 4) is 11.5 Å². The van der Waals surface area contributed by atoms with E-state index in [1.165, 1.54) is 13.2 Å². The van der Waals surface area contributed by atoms with Gasteiger partial charge in [-0.25, -0.2) is 9.69 Å². The first kappa shape index (κ1) is 23.5. The first-order valence-electron chi connectivity index (χ1n) is 10.3. The number of urea groups is 1. The summed E-state index contributed by atoms with van der Waals surface area (Å²) in [5.74, 6) is -0.496. The van der Waals surface area contributed by atoms with E-state index in [1.807, 2.05) is 19.9 Å². The van der Waals surface area contributed by atoms with Gasteiger partial charge in [-0.15, -0.1) is 6.58 Å². The van der Waals surface area contributed by atoms with Gasteiger partial charge in [-0.05, 0) is 67.3 Å². The van der Waals surface area contributed by atoms with E-state index in [0.717, 1.165) is 21.6 Å². The van der Waals surface area contributed by atoms with E-state index in [2.05, 4.69) is 18.5 Å². The standard InChI is InChI=1S/C26H26N2O5/c1-6-8-19-13-18(15-22(32-5)23(19)33-11-7-2)14-21-24(29)27-26(31)28(25(21)30)20-10-9-16(3)17(4)12-20/h6-7,9-10,12-15H,1-2,8,11H2,3-5H3,(H,27,29,31)/b21-14+. The van der Waals surface area contributed by atoms with Crippen molar-refractivity contribution in [3.05, 3.63) is 83.5 Å². The topological polar surface area (TPSA) is 84.9 Å². The number of carbonyl (C=O) groups is 3. The predicted octanol–water partition coefficient (Wildman–Crippen LogP) is 4.27. The highest BCUT2D eigenvalue weighted by molar-refractivity contribution is 6.39. The van der Waals surface area contributed by atoms with Crippen molar-refractivity contribution in [1.82, 2.24) is 5.32 Å². The number of amides is 4. The summed E-state index contributed by atoms with van der Waals surface area (Å²) in [6.45, 7) is 11.5. The zero-order valence-electron chi connectivity index (χ0n) is 18.9. The number of anilines is 1. The monoisotopic (exact) mass is 446 g/mol. The van der Waals surface area contributed by atoms with E-state index < -0.39 is 17.8 Å². The Bertz CT molecular complexity index is 1180. The van der Waals surface area contributed by atoms with Gasteiger partial charge in [0.2, 0.25) is 0 Å². The summed E-state index contributed by atoms with van der Waals surface area (Å²) in [5.41, 5.74) is 3.48. The van der Waals surface area contributed by atoms with Crippen LogP contribution in [0, 0.1) is 13.8 Å². The number of nitrogens with one attached hydrogen (secondary N) is 1. The summed E-state index contributed by atoms with van der Waals surface area (Å²) >= 11 is 0. The molecule has 0 radical (unpaired) electrons. The molecule has 7 heteroatoms. The number of benzene rings is 2. The number of imide groups is 2. The molecule has 0 atom stereocenters. The van der Waals surface area contributed by atoms with Crippen LogP contribution in [-0.4, -0.2) is 31.6 Å². The van der Waals surface area contributed by atoms with Gasteiger partial charge in [0.15, 0.2) is 11.5 Å². The molecule has 0 unspecified atom stereocenters. The van der Waals surface area contributed by atoms with Crippen LogP contribution >= 0.6 is 0 Å². The maximum atomic E-state index is 13.2. The van der Waals surface area contributed by atoms with Gasteiger partial charge in [-0.1, -0.05) is 24.8 Å². The first-order valence-corrected chi connectivity index (χ1v) is 10.3. The number of barbiturate groups is 1. The molecule has 1 fully saturated rings. The Morgan fingerprint density at radius 3 is 2.42 bits per heavy atom. The van der Waals surface area contributed by atoms with Crippen LogP contribution in [0.1, 0.15) is 22.3 Å². The molecule has 0 saturated carbocycles. The molecule has 33 heavy (non-hydrogen) atoms. The Kier molecular flexibility index (Phi) is 7.13. The van der Waals surface area contributed by atoms with E-state index in [0.29, 0.717) is 29.2 Å². The Morgan fingerprint density at radius 2 is 1.79 bits per heavy atom. The van der Waals surface area contributed by atoms with Crippen LogP contribution in [0.25, 0.3) is 6.08 Å². The Morgan fingerprint density at radius 1 is 1.03 bits per heavy atom. The lowest BCUT2D eigenvalue weighted by Crippen LogP contribution is -2.54. The molecule has 2 aromatic rings. The molecule has 1 heterocycles. The van der Waals surface area contributed by atoms with Crippen LogP contribution in [0.5, 0.6) is 11.5 Å². The third-order valence-corrected chi connectivity index (χ3v) is 5.25. The van der Waals surface area contributed by atoms with Crippen molar-refractivity contribution in [2.45, 2.75) is 20.3 Å². The highest BCUT2D eigenvalue weighted by Gasteiger charge is 2.37. The number of rotatable bonds is 8. The van der Waals surface area contributed by atoms with Crippen molar-refractivity contribution in [3.63, 3.8) is 0 Å². The molecule has 0 bridgehead atoms. The van der Waals surface area contributed by atoms with E-state index >= 15 is 0 Å². The minimum atomic E-state index is -0.788. The summed E-state index contributed by atoms with van der Waals surface area (Å²) < 4.78 is 11.2. The lowest BCUT2D eigenvalue weighted by Gasteiger charge is -2.27. The average molecular weight is 447 g/mol. The fourth-order valence-corrected chi connectivity index (χ4v) is 3.46. The zero-order valence-corrected chi connectivity index (χ0v) is 18.9. The Hall–Kier alpha value is -4.13. The molecule has 3 rings (SSSR count). The second-order valence-electron chi connectivity index (χ2n) is 7.53. The SMILES string of the molecule is C=CCOc1c(CC=C)cc(/C=C2\C(=O)NC(=O)N(c3ccc(C)c(C)c3)C2=O)cc1OC. The molecule has 4 amide bonds. The van der Waals surface area contributed by atoms with Gasteiger partial charge in [-0.3, -0.25) is 14.9 Å². The molecule has 7 nitrogen and oxygen atoms in total.